The summed E-state index contributed by atoms with van der Waals surface area (Å²) in [5.74, 6) is 0.343. The van der Waals surface area contributed by atoms with Gasteiger partial charge < -0.3 is 15.3 Å². The summed E-state index contributed by atoms with van der Waals surface area (Å²) in [6.45, 7) is 11.0. The maximum absolute atomic E-state index is 10.1. The van der Waals surface area contributed by atoms with Gasteiger partial charge in [0.15, 0.2) is 0 Å². The van der Waals surface area contributed by atoms with Crippen LogP contribution < -0.4 is 10.2 Å². The van der Waals surface area contributed by atoms with Crippen molar-refractivity contribution >= 4 is 16.6 Å². The Bertz CT molecular complexity index is 1230. The molecule has 0 amide bonds. The van der Waals surface area contributed by atoms with E-state index in [-0.39, 0.29) is 5.54 Å². The third-order valence-corrected chi connectivity index (χ3v) is 8.85. The van der Waals surface area contributed by atoms with Gasteiger partial charge in [0.1, 0.15) is 5.75 Å². The van der Waals surface area contributed by atoms with Crippen molar-refractivity contribution in [2.45, 2.75) is 70.1 Å². The second-order valence-electron chi connectivity index (χ2n) is 11.8. The number of nitrogens with zero attached hydrogens (tertiary/aromatic N) is 4. The first-order valence-corrected chi connectivity index (χ1v) is 14.4. The summed E-state index contributed by atoms with van der Waals surface area (Å²) in [6, 6.07) is 18.4. The van der Waals surface area contributed by atoms with E-state index in [4.69, 9.17) is 4.98 Å². The smallest absolute Gasteiger partial charge is 0.115 e. The van der Waals surface area contributed by atoms with Crippen molar-refractivity contribution in [3.8, 4) is 5.75 Å². The highest BCUT2D eigenvalue weighted by Crippen LogP contribution is 2.40. The highest BCUT2D eigenvalue weighted by atomic mass is 16.3. The molecule has 3 aromatic rings. The number of piperazine rings is 1. The third-order valence-electron chi connectivity index (χ3n) is 8.85. The van der Waals surface area contributed by atoms with E-state index in [0.29, 0.717) is 23.9 Å². The Morgan fingerprint density at radius 3 is 2.45 bits per heavy atom. The number of hydrogen-bond acceptors (Lipinski definition) is 6. The highest BCUT2D eigenvalue weighted by molar-refractivity contribution is 5.83. The maximum Gasteiger partial charge on any atom is 0.115 e. The number of phenols is 1. The predicted molar refractivity (Wildman–Crippen MR) is 158 cm³/mol. The third kappa shape index (κ3) is 5.40. The van der Waals surface area contributed by atoms with Crippen molar-refractivity contribution < 1.29 is 5.11 Å². The Labute approximate surface area is 228 Å². The molecule has 5 rings (SSSR count). The van der Waals surface area contributed by atoms with Crippen LogP contribution in [0, 0.1) is 0 Å². The minimum atomic E-state index is -0.0637. The lowest BCUT2D eigenvalue weighted by molar-refractivity contribution is 0.115. The van der Waals surface area contributed by atoms with E-state index in [1.165, 1.54) is 22.2 Å². The molecule has 2 fully saturated rings. The Hall–Kier alpha value is -2.67. The first-order chi connectivity index (χ1) is 18.3. The van der Waals surface area contributed by atoms with Crippen LogP contribution in [0.15, 0.2) is 54.7 Å². The quantitative estimate of drug-likeness (QED) is 0.432. The van der Waals surface area contributed by atoms with E-state index in [1.54, 1.807) is 6.07 Å². The minimum Gasteiger partial charge on any atom is -0.508 e. The number of aromatic nitrogens is 1. The standard InChI is InChI=1S/C32H45N5O/c1-6-8-31(37-21-23(2)34-24(3)22-37)26-17-25-18-28(11-12-30(25)33-20-26)36-15-13-32(14-16-36,35(4)5)27-9-7-10-29(38)19-27/h7,9-12,17-20,23-24,31,34,38H,6,8,13-16,21-22H2,1-5H3/t23-,24+,31?. The van der Waals surface area contributed by atoms with Gasteiger partial charge in [-0.15, -0.1) is 0 Å². The summed E-state index contributed by atoms with van der Waals surface area (Å²) in [7, 11) is 4.32. The average molecular weight is 516 g/mol. The van der Waals surface area contributed by atoms with Crippen LogP contribution in [0.4, 0.5) is 5.69 Å². The average Bonchev–Trinajstić information content (AvgIpc) is 2.90. The van der Waals surface area contributed by atoms with Crippen LogP contribution >= 0.6 is 0 Å². The van der Waals surface area contributed by atoms with Crippen LogP contribution in [0.3, 0.4) is 0 Å². The van der Waals surface area contributed by atoms with Gasteiger partial charge in [0.05, 0.1) is 5.52 Å². The fraction of sp³-hybridized carbons (Fsp3) is 0.531. The summed E-state index contributed by atoms with van der Waals surface area (Å²) >= 11 is 0. The lowest BCUT2D eigenvalue weighted by Crippen LogP contribution is -2.55. The molecule has 0 spiro atoms. The molecule has 2 aromatic carbocycles. The molecule has 38 heavy (non-hydrogen) atoms. The second-order valence-corrected chi connectivity index (χ2v) is 11.8. The van der Waals surface area contributed by atoms with Crippen molar-refractivity contribution in [3.05, 3.63) is 65.9 Å². The molecule has 2 aliphatic heterocycles. The molecule has 0 saturated carbocycles. The van der Waals surface area contributed by atoms with Gasteiger partial charge in [0.25, 0.3) is 0 Å². The molecule has 1 aromatic heterocycles. The van der Waals surface area contributed by atoms with E-state index < -0.39 is 0 Å². The maximum atomic E-state index is 10.1. The molecular weight excluding hydrogens is 470 g/mol. The summed E-state index contributed by atoms with van der Waals surface area (Å²) in [5.41, 5.74) is 4.82. The monoisotopic (exact) mass is 515 g/mol. The highest BCUT2D eigenvalue weighted by Gasteiger charge is 2.38. The van der Waals surface area contributed by atoms with Crippen LogP contribution in [0.5, 0.6) is 5.75 Å². The van der Waals surface area contributed by atoms with Gasteiger partial charge >= 0.3 is 0 Å². The van der Waals surface area contributed by atoms with Crippen molar-refractivity contribution in [2.75, 3.05) is 45.2 Å². The lowest BCUT2D eigenvalue weighted by Gasteiger charge is -2.47. The van der Waals surface area contributed by atoms with Crippen molar-refractivity contribution in [1.82, 2.24) is 20.1 Å². The normalized spacial score (nSPS) is 23.2. The Morgan fingerprint density at radius 1 is 1.05 bits per heavy atom. The zero-order valence-corrected chi connectivity index (χ0v) is 23.8. The van der Waals surface area contributed by atoms with Gasteiger partial charge in [0.2, 0.25) is 0 Å². The van der Waals surface area contributed by atoms with Gasteiger partial charge in [0, 0.05) is 67.1 Å². The molecule has 3 atom stereocenters. The largest absolute Gasteiger partial charge is 0.508 e. The first-order valence-electron chi connectivity index (χ1n) is 14.4. The molecule has 204 valence electrons. The van der Waals surface area contributed by atoms with Gasteiger partial charge in [-0.3, -0.25) is 14.8 Å². The number of aromatic hydroxyl groups is 1. The summed E-state index contributed by atoms with van der Waals surface area (Å²) in [5, 5.41) is 15.0. The number of hydrogen-bond donors (Lipinski definition) is 2. The van der Waals surface area contributed by atoms with Gasteiger partial charge in [-0.2, -0.15) is 0 Å². The van der Waals surface area contributed by atoms with Crippen LogP contribution in [0.1, 0.15) is 63.6 Å². The summed E-state index contributed by atoms with van der Waals surface area (Å²) < 4.78 is 0. The Morgan fingerprint density at radius 2 is 1.79 bits per heavy atom. The number of nitrogens with one attached hydrogen (secondary N) is 1. The number of piperidine rings is 1. The SMILES string of the molecule is CCCC(c1cnc2ccc(N3CCC(c4cccc(O)c4)(N(C)C)CC3)cc2c1)N1C[C@@H](C)N[C@@H](C)C1. The van der Waals surface area contributed by atoms with E-state index in [0.717, 1.165) is 57.4 Å². The minimum absolute atomic E-state index is 0.0637. The van der Waals surface area contributed by atoms with Crippen LogP contribution in [-0.2, 0) is 5.54 Å². The fourth-order valence-corrected chi connectivity index (χ4v) is 6.90. The number of fused-ring (bicyclic) bond motifs is 1. The molecule has 0 aliphatic carbocycles. The molecule has 2 aliphatic rings. The number of rotatable bonds is 7. The lowest BCUT2D eigenvalue weighted by atomic mass is 9.79. The topological polar surface area (TPSA) is 54.9 Å². The summed E-state index contributed by atoms with van der Waals surface area (Å²) in [6.07, 6.45) is 6.45. The van der Waals surface area contributed by atoms with Crippen LogP contribution in [-0.4, -0.2) is 72.2 Å². The van der Waals surface area contributed by atoms with Gasteiger partial charge in [-0.05, 0) is 94.7 Å². The second kappa shape index (κ2) is 11.2. The Kier molecular flexibility index (Phi) is 7.94. The van der Waals surface area contributed by atoms with Gasteiger partial charge in [-0.1, -0.05) is 25.5 Å². The number of phenolic OH excluding ortho intramolecular Hbond substituents is 1. The molecule has 1 unspecified atom stereocenters. The molecule has 0 radical (unpaired) electrons. The van der Waals surface area contributed by atoms with E-state index >= 15 is 0 Å². The van der Waals surface area contributed by atoms with Gasteiger partial charge in [-0.25, -0.2) is 0 Å². The van der Waals surface area contributed by atoms with Crippen molar-refractivity contribution in [1.29, 1.82) is 0 Å². The zero-order valence-electron chi connectivity index (χ0n) is 23.8. The molecule has 2 N–H and O–H groups in total. The van der Waals surface area contributed by atoms with Crippen molar-refractivity contribution in [2.24, 2.45) is 0 Å². The number of pyridine rings is 1. The Balaban J connectivity index is 1.38. The molecule has 3 heterocycles. The van der Waals surface area contributed by atoms with Crippen LogP contribution in [0.25, 0.3) is 10.9 Å². The molecule has 6 nitrogen and oxygen atoms in total. The van der Waals surface area contributed by atoms with E-state index in [1.807, 2.05) is 12.1 Å². The van der Waals surface area contributed by atoms with E-state index in [2.05, 4.69) is 91.4 Å². The molecule has 6 heteroatoms. The molecule has 2 saturated heterocycles. The van der Waals surface area contributed by atoms with E-state index in [9.17, 15) is 5.11 Å². The predicted octanol–water partition coefficient (Wildman–Crippen LogP) is 5.52. The first kappa shape index (κ1) is 26.9. The summed E-state index contributed by atoms with van der Waals surface area (Å²) in [4.78, 5) is 12.4. The zero-order chi connectivity index (χ0) is 26.9. The number of anilines is 1. The molecular formula is C32H45N5O. The fourth-order valence-electron chi connectivity index (χ4n) is 6.90. The molecule has 0 bridgehead atoms. The van der Waals surface area contributed by atoms with Crippen LogP contribution in [0.2, 0.25) is 0 Å². The van der Waals surface area contributed by atoms with Crippen molar-refractivity contribution in [3.63, 3.8) is 0 Å². The number of benzene rings is 2.